The highest BCUT2D eigenvalue weighted by Crippen LogP contribution is 2.08. The first kappa shape index (κ1) is 27.5. The Kier molecular flexibility index (Phi) is 17.0. The van der Waals surface area contributed by atoms with Gasteiger partial charge in [-0.15, -0.1) is 0 Å². The second kappa shape index (κ2) is 18.6. The first-order valence-electron chi connectivity index (χ1n) is 10.9. The van der Waals surface area contributed by atoms with Crippen molar-refractivity contribution in [2.45, 2.75) is 65.8 Å². The van der Waals surface area contributed by atoms with Crippen molar-refractivity contribution in [3.05, 3.63) is 78.4 Å². The quantitative estimate of drug-likeness (QED) is 0.294. The Morgan fingerprint density at radius 3 is 2.37 bits per heavy atom. The molecule has 2 N–H and O–H groups in total. The molecular weight excluding hydrogens is 370 g/mol. The molecule has 2 rings (SSSR count). The van der Waals surface area contributed by atoms with Crippen LogP contribution in [0.1, 0.15) is 57.2 Å². The second-order valence-corrected chi connectivity index (χ2v) is 7.07. The zero-order chi connectivity index (χ0) is 22.6. The Bertz CT molecular complexity index is 677. The van der Waals surface area contributed by atoms with Crippen molar-refractivity contribution in [2.24, 2.45) is 4.99 Å². The normalized spacial score (nSPS) is 13.8. The summed E-state index contributed by atoms with van der Waals surface area (Å²) in [4.78, 5) is 8.47. The third-order valence-corrected chi connectivity index (χ3v) is 4.67. The van der Waals surface area contributed by atoms with Crippen molar-refractivity contribution >= 4 is 5.71 Å². The van der Waals surface area contributed by atoms with E-state index in [4.69, 9.17) is 5.11 Å². The molecule has 1 aliphatic rings. The third kappa shape index (κ3) is 12.2. The molecule has 1 atom stereocenters. The van der Waals surface area contributed by atoms with Crippen LogP contribution in [0.5, 0.6) is 0 Å². The van der Waals surface area contributed by atoms with Gasteiger partial charge in [-0.2, -0.15) is 0 Å². The number of aliphatic imine (C=N–C) groups is 1. The van der Waals surface area contributed by atoms with Gasteiger partial charge in [0, 0.05) is 17.5 Å². The van der Waals surface area contributed by atoms with Gasteiger partial charge < -0.3 is 10.4 Å². The van der Waals surface area contributed by atoms with E-state index in [1.165, 1.54) is 37.7 Å². The lowest BCUT2D eigenvalue weighted by Gasteiger charge is -2.16. The smallest absolute Gasteiger partial charge is 0.0843 e. The number of aryl methyl sites for hydroxylation is 2. The van der Waals surface area contributed by atoms with Crippen molar-refractivity contribution in [1.82, 2.24) is 10.3 Å². The zero-order valence-electron chi connectivity index (χ0n) is 19.6. The molecule has 0 amide bonds. The van der Waals surface area contributed by atoms with Crippen molar-refractivity contribution in [3.8, 4) is 0 Å². The highest BCUT2D eigenvalue weighted by molar-refractivity contribution is 6.02. The average Bonchev–Trinajstić information content (AvgIpc) is 3.05. The number of nitrogens with zero attached hydrogens (tertiary/aromatic N) is 2. The minimum absolute atomic E-state index is 0.108. The molecule has 0 aromatic carbocycles. The number of pyridine rings is 1. The number of rotatable bonds is 8. The van der Waals surface area contributed by atoms with Gasteiger partial charge in [-0.1, -0.05) is 82.9 Å². The fourth-order valence-electron chi connectivity index (χ4n) is 2.66. The zero-order valence-corrected chi connectivity index (χ0v) is 19.6. The van der Waals surface area contributed by atoms with E-state index in [1.807, 2.05) is 50.5 Å². The van der Waals surface area contributed by atoms with Gasteiger partial charge in [0.25, 0.3) is 0 Å². The second-order valence-electron chi connectivity index (χ2n) is 7.07. The third-order valence-electron chi connectivity index (χ3n) is 4.67. The molecule has 30 heavy (non-hydrogen) atoms. The van der Waals surface area contributed by atoms with E-state index in [-0.39, 0.29) is 6.04 Å². The van der Waals surface area contributed by atoms with Gasteiger partial charge in [0.05, 0.1) is 24.6 Å². The Hall–Kier alpha value is -2.46. The van der Waals surface area contributed by atoms with Crippen LogP contribution in [-0.2, 0) is 0 Å². The molecule has 0 spiro atoms. The maximum Gasteiger partial charge on any atom is 0.0843 e. The molecule has 4 heteroatoms. The van der Waals surface area contributed by atoms with E-state index in [0.29, 0.717) is 12.1 Å². The first-order valence-corrected chi connectivity index (χ1v) is 10.9. The predicted octanol–water partition coefficient (Wildman–Crippen LogP) is 6.44. The lowest BCUT2D eigenvalue weighted by Crippen LogP contribution is -2.34. The summed E-state index contributed by atoms with van der Waals surface area (Å²) in [6.07, 6.45) is 19.3. The lowest BCUT2D eigenvalue weighted by molar-refractivity contribution is 0.465. The number of nitrogens with one attached hydrogen (secondary N) is 1. The van der Waals surface area contributed by atoms with E-state index >= 15 is 0 Å². The van der Waals surface area contributed by atoms with E-state index in [2.05, 4.69) is 48.7 Å². The maximum atomic E-state index is 9.06. The number of hydrogen-bond donors (Lipinski definition) is 2. The number of aromatic nitrogens is 1. The molecule has 0 saturated heterocycles. The van der Waals surface area contributed by atoms with Gasteiger partial charge in [0.2, 0.25) is 0 Å². The van der Waals surface area contributed by atoms with Gasteiger partial charge in [-0.05, 0) is 38.6 Å². The predicted molar refractivity (Wildman–Crippen MR) is 132 cm³/mol. The fourth-order valence-corrected chi connectivity index (χ4v) is 2.66. The van der Waals surface area contributed by atoms with Crippen LogP contribution in [-0.4, -0.2) is 35.4 Å². The molecule has 0 aliphatic carbocycles. The molecule has 1 unspecified atom stereocenters. The fraction of sp³-hybridized carbons (Fsp3) is 0.462. The van der Waals surface area contributed by atoms with E-state index in [9.17, 15) is 0 Å². The Balaban J connectivity index is 0.000000471. The highest BCUT2D eigenvalue weighted by Gasteiger charge is 2.15. The molecule has 0 saturated carbocycles. The molecule has 2 heterocycles. The van der Waals surface area contributed by atoms with Crippen LogP contribution in [0.2, 0.25) is 0 Å². The summed E-state index contributed by atoms with van der Waals surface area (Å²) in [7, 11) is 1.83. The first-order chi connectivity index (χ1) is 14.5. The number of allylic oxidation sites excluding steroid dienone is 2. The Labute approximate surface area is 184 Å². The molecule has 4 nitrogen and oxygen atoms in total. The van der Waals surface area contributed by atoms with Crippen LogP contribution in [0.25, 0.3) is 0 Å². The van der Waals surface area contributed by atoms with Gasteiger partial charge in [-0.3, -0.25) is 9.98 Å². The summed E-state index contributed by atoms with van der Waals surface area (Å²) >= 11 is 0. The van der Waals surface area contributed by atoms with Gasteiger partial charge in [-0.25, -0.2) is 0 Å². The van der Waals surface area contributed by atoms with Gasteiger partial charge >= 0.3 is 0 Å². The summed E-state index contributed by atoms with van der Waals surface area (Å²) in [5.41, 5.74) is 3.98. The standard InChI is InChI=1S/C12H16N2O.C7H9N.C7H16/c1-3-10(9-15)12(13-2)11-7-5-4-6-8-14-11;1-6-4-3-5-8-7(6)2;1-3-5-7-6-4-2/h3-7,9,12-13,15H,1,8H2,2H3;3-5H,1-2H3;3-7H2,1-2H3/b10-9-;;. The van der Waals surface area contributed by atoms with Crippen LogP contribution >= 0.6 is 0 Å². The highest BCUT2D eigenvalue weighted by atomic mass is 16.2. The number of unbranched alkanes of at least 4 members (excludes halogenated alkanes) is 4. The van der Waals surface area contributed by atoms with Crippen molar-refractivity contribution in [3.63, 3.8) is 0 Å². The van der Waals surface area contributed by atoms with Gasteiger partial charge in [0.1, 0.15) is 0 Å². The number of hydrogen-bond acceptors (Lipinski definition) is 4. The van der Waals surface area contributed by atoms with Crippen molar-refractivity contribution in [2.75, 3.05) is 13.6 Å². The van der Waals surface area contributed by atoms with Crippen LogP contribution in [0.4, 0.5) is 0 Å². The molecular formula is C26H41N3O. The van der Waals surface area contributed by atoms with Crippen molar-refractivity contribution in [1.29, 1.82) is 0 Å². The summed E-state index contributed by atoms with van der Waals surface area (Å²) in [6.45, 7) is 12.9. The molecule has 0 bridgehead atoms. The number of aliphatic hydroxyl groups excluding tert-OH is 1. The summed E-state index contributed by atoms with van der Waals surface area (Å²) in [5.74, 6) is 0. The van der Waals surface area contributed by atoms with Crippen LogP contribution in [0.3, 0.4) is 0 Å². The van der Waals surface area contributed by atoms with E-state index in [0.717, 1.165) is 17.7 Å². The molecule has 1 aromatic heterocycles. The van der Waals surface area contributed by atoms with Crippen molar-refractivity contribution < 1.29 is 5.11 Å². The summed E-state index contributed by atoms with van der Waals surface area (Å²) in [6, 6.07) is 3.90. The minimum Gasteiger partial charge on any atom is -0.515 e. The topological polar surface area (TPSA) is 57.5 Å². The molecule has 1 aromatic rings. The summed E-state index contributed by atoms with van der Waals surface area (Å²) < 4.78 is 0. The largest absolute Gasteiger partial charge is 0.515 e. The molecule has 0 fully saturated rings. The maximum absolute atomic E-state index is 9.06. The molecule has 1 aliphatic heterocycles. The van der Waals surface area contributed by atoms with E-state index in [1.54, 1.807) is 6.08 Å². The van der Waals surface area contributed by atoms with Gasteiger partial charge in [0.15, 0.2) is 0 Å². The monoisotopic (exact) mass is 411 g/mol. The van der Waals surface area contributed by atoms with Crippen LogP contribution in [0, 0.1) is 13.8 Å². The van der Waals surface area contributed by atoms with E-state index < -0.39 is 0 Å². The number of aliphatic hydroxyl groups is 1. The lowest BCUT2D eigenvalue weighted by atomic mass is 10.0. The minimum atomic E-state index is -0.108. The Morgan fingerprint density at radius 2 is 1.90 bits per heavy atom. The van der Waals surface area contributed by atoms with Crippen LogP contribution in [0.15, 0.2) is 72.1 Å². The Morgan fingerprint density at radius 1 is 1.20 bits per heavy atom. The number of likely N-dealkylation sites (N-methyl/N-ethyl adjacent to an activating group) is 1. The van der Waals surface area contributed by atoms with Crippen LogP contribution < -0.4 is 5.32 Å². The molecule has 0 radical (unpaired) electrons. The molecule has 166 valence electrons. The SMILES string of the molecule is C=C/C(=C/O)C(NC)C1=NCC=CC=C1.CCCCCCC.Cc1cccnc1C. The summed E-state index contributed by atoms with van der Waals surface area (Å²) in [5, 5.41) is 12.2. The average molecular weight is 412 g/mol.